The van der Waals surface area contributed by atoms with Gasteiger partial charge in [-0.2, -0.15) is 0 Å². The minimum Gasteiger partial charge on any atom is -0.296 e. The summed E-state index contributed by atoms with van der Waals surface area (Å²) < 4.78 is 0. The third kappa shape index (κ3) is 3.41. The lowest BCUT2D eigenvalue weighted by Crippen LogP contribution is -1.68. The average Bonchev–Trinajstić information content (AvgIpc) is 1.35. The van der Waals surface area contributed by atoms with E-state index in [4.69, 9.17) is 0 Å². The van der Waals surface area contributed by atoms with E-state index in [0.717, 1.165) is 5.57 Å². The van der Waals surface area contributed by atoms with Gasteiger partial charge in [0.2, 0.25) is 0 Å². The zero-order valence-electron chi connectivity index (χ0n) is 4.23. The van der Waals surface area contributed by atoms with E-state index >= 15 is 0 Å². The van der Waals surface area contributed by atoms with Crippen LogP contribution in [0.3, 0.4) is 0 Å². The van der Waals surface area contributed by atoms with Gasteiger partial charge in [0.1, 0.15) is 0 Å². The Hall–Kier alpha value is -0.590. The van der Waals surface area contributed by atoms with Crippen LogP contribution in [0.15, 0.2) is 17.1 Å². The number of allylic oxidation sites excluding steroid dienone is 1. The molecule has 0 aromatic heterocycles. The van der Waals surface area contributed by atoms with Gasteiger partial charge < -0.3 is 0 Å². The van der Waals surface area contributed by atoms with E-state index in [1.807, 2.05) is 6.92 Å². The van der Waals surface area contributed by atoms with Crippen molar-refractivity contribution in [2.24, 2.45) is 4.99 Å². The van der Waals surface area contributed by atoms with Gasteiger partial charge in [0, 0.05) is 13.3 Å². The fourth-order valence-corrected chi connectivity index (χ4v) is 0.220. The van der Waals surface area contributed by atoms with Crippen LogP contribution in [0, 0.1) is 0 Å². The highest BCUT2D eigenvalue weighted by atomic mass is 14.6. The molecule has 0 fully saturated rings. The maximum absolute atomic E-state index is 3.71. The summed E-state index contributed by atoms with van der Waals surface area (Å²) in [4.78, 5) is 3.71. The van der Waals surface area contributed by atoms with E-state index in [2.05, 4.69) is 11.6 Å². The lowest BCUT2D eigenvalue weighted by atomic mass is 10.4. The van der Waals surface area contributed by atoms with Crippen molar-refractivity contribution < 1.29 is 0 Å². The second-order valence-electron chi connectivity index (χ2n) is 1.23. The van der Waals surface area contributed by atoms with Crippen molar-refractivity contribution in [3.8, 4) is 0 Å². The molecule has 0 rings (SSSR count). The van der Waals surface area contributed by atoms with Gasteiger partial charge in [-0.05, 0) is 12.5 Å². The highest BCUT2D eigenvalue weighted by Gasteiger charge is 1.65. The summed E-state index contributed by atoms with van der Waals surface area (Å²) in [6, 6.07) is 0. The third-order valence-corrected chi connectivity index (χ3v) is 0.349. The number of hydrogen-bond donors (Lipinski definition) is 0. The van der Waals surface area contributed by atoms with E-state index in [1.165, 1.54) is 0 Å². The predicted molar refractivity (Wildman–Crippen MR) is 29.2 cm³/mol. The standard InChI is InChI=1S/C5H9N/c1-5(2)4-6-3/h4H,1H2,2-3H3. The molecule has 0 heterocycles. The average molecular weight is 83.1 g/mol. The summed E-state index contributed by atoms with van der Waals surface area (Å²) in [5.41, 5.74) is 0.998. The van der Waals surface area contributed by atoms with Gasteiger partial charge in [-0.25, -0.2) is 0 Å². The molecule has 0 saturated heterocycles. The van der Waals surface area contributed by atoms with Crippen LogP contribution in [0.2, 0.25) is 0 Å². The first kappa shape index (κ1) is 5.41. The summed E-state index contributed by atoms with van der Waals surface area (Å²) >= 11 is 0. The molecule has 0 aliphatic rings. The summed E-state index contributed by atoms with van der Waals surface area (Å²) in [5, 5.41) is 0. The molecule has 0 aromatic rings. The van der Waals surface area contributed by atoms with Gasteiger partial charge >= 0.3 is 0 Å². The number of rotatable bonds is 1. The first-order valence-corrected chi connectivity index (χ1v) is 1.85. The highest BCUT2D eigenvalue weighted by Crippen LogP contribution is 1.75. The number of nitrogens with zero attached hydrogens (tertiary/aromatic N) is 1. The zero-order valence-corrected chi connectivity index (χ0v) is 4.23. The summed E-state index contributed by atoms with van der Waals surface area (Å²) in [6.45, 7) is 5.51. The van der Waals surface area contributed by atoms with Gasteiger partial charge in [-0.3, -0.25) is 4.99 Å². The normalized spacial score (nSPS) is 9.67. The van der Waals surface area contributed by atoms with Gasteiger partial charge in [0.25, 0.3) is 0 Å². The first-order chi connectivity index (χ1) is 2.77. The molecule has 0 aliphatic heterocycles. The molecule has 0 unspecified atom stereocenters. The molecule has 0 saturated carbocycles. The maximum atomic E-state index is 3.71. The SMILES string of the molecule is C=C(C)C=NC. The minimum atomic E-state index is 0.998. The van der Waals surface area contributed by atoms with Crippen LogP contribution in [0.1, 0.15) is 6.92 Å². The monoisotopic (exact) mass is 83.1 g/mol. The molecule has 0 radical (unpaired) electrons. The van der Waals surface area contributed by atoms with Gasteiger partial charge in [0.15, 0.2) is 0 Å². The Bertz CT molecular complexity index is 72.0. The molecule has 1 nitrogen and oxygen atoms in total. The van der Waals surface area contributed by atoms with Crippen LogP contribution in [0.25, 0.3) is 0 Å². The molecule has 0 aromatic carbocycles. The quantitative estimate of drug-likeness (QED) is 0.423. The fraction of sp³-hybridized carbons (Fsp3) is 0.400. The van der Waals surface area contributed by atoms with Crippen LogP contribution >= 0.6 is 0 Å². The molecule has 34 valence electrons. The molecule has 0 N–H and O–H groups in total. The predicted octanol–water partition coefficient (Wildman–Crippen LogP) is 1.26. The van der Waals surface area contributed by atoms with Crippen molar-refractivity contribution in [1.29, 1.82) is 0 Å². The molecule has 6 heavy (non-hydrogen) atoms. The Labute approximate surface area is 38.4 Å². The Morgan fingerprint density at radius 2 is 2.33 bits per heavy atom. The molecular formula is C5H9N. The highest BCUT2D eigenvalue weighted by molar-refractivity contribution is 5.76. The minimum absolute atomic E-state index is 0.998. The molecule has 0 aliphatic carbocycles. The fourth-order valence-electron chi connectivity index (χ4n) is 0.220. The van der Waals surface area contributed by atoms with Gasteiger partial charge in [-0.15, -0.1) is 0 Å². The van der Waals surface area contributed by atoms with E-state index in [1.54, 1.807) is 13.3 Å². The van der Waals surface area contributed by atoms with Gasteiger partial charge in [0.05, 0.1) is 0 Å². The van der Waals surface area contributed by atoms with E-state index in [0.29, 0.717) is 0 Å². The second-order valence-corrected chi connectivity index (χ2v) is 1.23. The first-order valence-electron chi connectivity index (χ1n) is 1.85. The lowest BCUT2D eigenvalue weighted by Gasteiger charge is -1.75. The van der Waals surface area contributed by atoms with Crippen molar-refractivity contribution in [1.82, 2.24) is 0 Å². The van der Waals surface area contributed by atoms with Crippen LogP contribution in [0.4, 0.5) is 0 Å². The van der Waals surface area contributed by atoms with Crippen molar-refractivity contribution in [2.75, 3.05) is 7.05 Å². The van der Waals surface area contributed by atoms with Crippen LogP contribution in [-0.2, 0) is 0 Å². The molecule has 0 bridgehead atoms. The number of hydrogen-bond acceptors (Lipinski definition) is 1. The summed E-state index contributed by atoms with van der Waals surface area (Å²) in [6.07, 6.45) is 1.72. The second kappa shape index (κ2) is 2.64. The van der Waals surface area contributed by atoms with Crippen LogP contribution < -0.4 is 0 Å². The number of aliphatic imine (C=N–C) groups is 1. The Morgan fingerprint density at radius 3 is 2.33 bits per heavy atom. The largest absolute Gasteiger partial charge is 0.296 e. The molecule has 0 amide bonds. The van der Waals surface area contributed by atoms with Crippen molar-refractivity contribution in [3.05, 3.63) is 12.2 Å². The summed E-state index contributed by atoms with van der Waals surface area (Å²) in [5.74, 6) is 0. The topological polar surface area (TPSA) is 12.4 Å². The van der Waals surface area contributed by atoms with E-state index in [9.17, 15) is 0 Å². The lowest BCUT2D eigenvalue weighted by molar-refractivity contribution is 1.45. The van der Waals surface area contributed by atoms with Crippen molar-refractivity contribution in [2.45, 2.75) is 6.92 Å². The van der Waals surface area contributed by atoms with Crippen LogP contribution in [0.5, 0.6) is 0 Å². The zero-order chi connectivity index (χ0) is 4.99. The van der Waals surface area contributed by atoms with Gasteiger partial charge in [-0.1, -0.05) is 6.58 Å². The molecule has 0 spiro atoms. The van der Waals surface area contributed by atoms with Crippen molar-refractivity contribution >= 4 is 6.21 Å². The Morgan fingerprint density at radius 1 is 1.83 bits per heavy atom. The van der Waals surface area contributed by atoms with Crippen molar-refractivity contribution in [3.63, 3.8) is 0 Å². The molecule has 1 heteroatoms. The maximum Gasteiger partial charge on any atom is 0.0277 e. The van der Waals surface area contributed by atoms with Crippen LogP contribution in [-0.4, -0.2) is 13.3 Å². The molecular weight excluding hydrogens is 74.1 g/mol. The Kier molecular flexibility index (Phi) is 2.38. The van der Waals surface area contributed by atoms with E-state index < -0.39 is 0 Å². The van der Waals surface area contributed by atoms with E-state index in [-0.39, 0.29) is 0 Å². The smallest absolute Gasteiger partial charge is 0.0277 e. The Balaban J connectivity index is 3.30. The molecule has 0 atom stereocenters. The summed E-state index contributed by atoms with van der Waals surface area (Å²) in [7, 11) is 1.73. The third-order valence-electron chi connectivity index (χ3n) is 0.349.